The van der Waals surface area contributed by atoms with Crippen LogP contribution in [0.1, 0.15) is 60.8 Å². The second-order valence-corrected chi connectivity index (χ2v) is 6.38. The Morgan fingerprint density at radius 1 is 0.957 bits per heavy atom. The predicted molar refractivity (Wildman–Crippen MR) is 92.1 cm³/mol. The second-order valence-electron chi connectivity index (χ2n) is 6.38. The van der Waals surface area contributed by atoms with Crippen LogP contribution in [0, 0.1) is 18.3 Å². The Hall–Kier alpha value is -1.58. The third kappa shape index (κ3) is 4.69. The van der Waals surface area contributed by atoms with Crippen molar-refractivity contribution in [3.63, 3.8) is 0 Å². The fourth-order valence-corrected chi connectivity index (χ4v) is 2.33. The fourth-order valence-electron chi connectivity index (χ4n) is 2.33. The molecule has 0 aliphatic carbocycles. The minimum absolute atomic E-state index is 0.247. The molecule has 4 heteroatoms. The van der Waals surface area contributed by atoms with Crippen LogP contribution in [0.2, 0.25) is 0 Å². The summed E-state index contributed by atoms with van der Waals surface area (Å²) in [4.78, 5) is 24.4. The van der Waals surface area contributed by atoms with Crippen LogP contribution in [0.5, 0.6) is 0 Å². The van der Waals surface area contributed by atoms with Gasteiger partial charge in [-0.1, -0.05) is 47.8 Å². The van der Waals surface area contributed by atoms with Crippen molar-refractivity contribution in [3.05, 3.63) is 37.1 Å². The molecule has 0 aromatic rings. The lowest BCUT2D eigenvalue weighted by Gasteiger charge is -2.48. The average Bonchev–Trinajstić information content (AvgIpc) is 2.45. The molecule has 1 unspecified atom stereocenters. The molecular formula is C19H30O4. The summed E-state index contributed by atoms with van der Waals surface area (Å²) in [6.07, 6.45) is 1.36. The predicted octanol–water partition coefficient (Wildman–Crippen LogP) is 4.57. The molecule has 0 aliphatic heterocycles. The van der Waals surface area contributed by atoms with Gasteiger partial charge >= 0.3 is 11.9 Å². The van der Waals surface area contributed by atoms with Gasteiger partial charge in [-0.25, -0.2) is 9.59 Å². The number of carbonyl (C=O) groups excluding carboxylic acids is 2. The highest BCUT2D eigenvalue weighted by atomic mass is 16.7. The first kappa shape index (κ1) is 21.4. The Bertz CT molecular complexity index is 448. The van der Waals surface area contributed by atoms with Crippen molar-refractivity contribution in [1.29, 1.82) is 0 Å². The molecule has 0 saturated carbocycles. The maximum Gasteiger partial charge on any atom is 0.336 e. The van der Waals surface area contributed by atoms with E-state index in [0.717, 1.165) is 5.92 Å². The van der Waals surface area contributed by atoms with E-state index >= 15 is 0 Å². The largest absolute Gasteiger partial charge is 0.418 e. The molecular weight excluding hydrogens is 292 g/mol. The zero-order valence-corrected chi connectivity index (χ0v) is 15.4. The first-order chi connectivity index (χ1) is 10.5. The van der Waals surface area contributed by atoms with Crippen LogP contribution in [0.15, 0.2) is 24.3 Å². The van der Waals surface area contributed by atoms with Gasteiger partial charge in [0.15, 0.2) is 0 Å². The first-order valence-electron chi connectivity index (χ1n) is 7.85. The molecule has 4 nitrogen and oxygen atoms in total. The van der Waals surface area contributed by atoms with Crippen molar-refractivity contribution >= 4 is 11.9 Å². The number of carbonyl (C=O) groups is 2. The number of rotatable bonds is 9. The highest BCUT2D eigenvalue weighted by Gasteiger charge is 2.55. The minimum atomic E-state index is -1.44. The van der Waals surface area contributed by atoms with Gasteiger partial charge in [-0.15, -0.1) is 0 Å². The SMILES string of the molecule is [CH2]CCC(OC(=O)C(=C)C)(OC(=O)C(=C)C)C(C)(CC)[C](C)C. The average molecular weight is 322 g/mol. The smallest absolute Gasteiger partial charge is 0.336 e. The molecule has 0 aromatic heterocycles. The van der Waals surface area contributed by atoms with Crippen molar-refractivity contribution in [3.8, 4) is 0 Å². The van der Waals surface area contributed by atoms with Gasteiger partial charge in [-0.2, -0.15) is 0 Å². The molecule has 0 saturated heterocycles. The third-order valence-electron chi connectivity index (χ3n) is 4.37. The molecule has 0 spiro atoms. The van der Waals surface area contributed by atoms with Crippen LogP contribution in [0.4, 0.5) is 0 Å². The van der Waals surface area contributed by atoms with Crippen molar-refractivity contribution in [1.82, 2.24) is 0 Å². The summed E-state index contributed by atoms with van der Waals surface area (Å²) < 4.78 is 11.4. The zero-order valence-electron chi connectivity index (χ0n) is 15.4. The summed E-state index contributed by atoms with van der Waals surface area (Å²) >= 11 is 0. The van der Waals surface area contributed by atoms with Crippen LogP contribution >= 0.6 is 0 Å². The van der Waals surface area contributed by atoms with E-state index in [2.05, 4.69) is 20.1 Å². The van der Waals surface area contributed by atoms with E-state index in [4.69, 9.17) is 9.47 Å². The van der Waals surface area contributed by atoms with E-state index < -0.39 is 23.1 Å². The second kappa shape index (κ2) is 8.32. The van der Waals surface area contributed by atoms with Gasteiger partial charge in [-0.05, 0) is 32.6 Å². The lowest BCUT2D eigenvalue weighted by atomic mass is 9.68. The Labute approximate surface area is 140 Å². The van der Waals surface area contributed by atoms with Gasteiger partial charge in [0.2, 0.25) is 0 Å². The van der Waals surface area contributed by atoms with Crippen molar-refractivity contribution in [2.45, 2.75) is 66.6 Å². The van der Waals surface area contributed by atoms with Crippen LogP contribution in [0.25, 0.3) is 0 Å². The van der Waals surface area contributed by atoms with Crippen LogP contribution in [0.3, 0.4) is 0 Å². The van der Waals surface area contributed by atoms with E-state index in [1.54, 1.807) is 13.8 Å². The van der Waals surface area contributed by atoms with E-state index in [1.165, 1.54) is 0 Å². The number of hydrogen-bond acceptors (Lipinski definition) is 4. The van der Waals surface area contributed by atoms with Crippen LogP contribution in [-0.2, 0) is 19.1 Å². The summed E-state index contributed by atoms with van der Waals surface area (Å²) in [5.41, 5.74) is -0.157. The summed E-state index contributed by atoms with van der Waals surface area (Å²) in [5, 5.41) is 0. The fraction of sp³-hybridized carbons (Fsp3) is 0.579. The van der Waals surface area contributed by atoms with Crippen LogP contribution < -0.4 is 0 Å². The quantitative estimate of drug-likeness (QED) is 0.354. The summed E-state index contributed by atoms with van der Waals surface area (Å²) in [7, 11) is 0. The molecule has 0 fully saturated rings. The molecule has 0 rings (SSSR count). The molecule has 1 atom stereocenters. The minimum Gasteiger partial charge on any atom is -0.418 e. The molecule has 23 heavy (non-hydrogen) atoms. The normalized spacial score (nSPS) is 14.1. The summed E-state index contributed by atoms with van der Waals surface area (Å²) in [6.45, 7) is 21.9. The third-order valence-corrected chi connectivity index (χ3v) is 4.37. The molecule has 0 heterocycles. The van der Waals surface area contributed by atoms with Gasteiger partial charge in [0.05, 0.1) is 5.41 Å². The topological polar surface area (TPSA) is 52.6 Å². The molecule has 2 radical (unpaired) electrons. The van der Waals surface area contributed by atoms with Crippen molar-refractivity contribution in [2.75, 3.05) is 0 Å². The molecule has 0 aliphatic rings. The lowest BCUT2D eigenvalue weighted by Crippen LogP contribution is -2.55. The Balaban J connectivity index is 6.14. The monoisotopic (exact) mass is 322 g/mol. The van der Waals surface area contributed by atoms with Gasteiger partial charge in [-0.3, -0.25) is 0 Å². The summed E-state index contributed by atoms with van der Waals surface area (Å²) in [6, 6.07) is 0. The Kier molecular flexibility index (Phi) is 7.75. The first-order valence-corrected chi connectivity index (χ1v) is 7.85. The Morgan fingerprint density at radius 3 is 1.57 bits per heavy atom. The highest BCUT2D eigenvalue weighted by Crippen LogP contribution is 2.49. The number of esters is 2. The van der Waals surface area contributed by atoms with Gasteiger partial charge in [0.1, 0.15) is 0 Å². The Morgan fingerprint density at radius 2 is 1.35 bits per heavy atom. The number of ether oxygens (including phenoxy) is 2. The van der Waals surface area contributed by atoms with E-state index in [1.807, 2.05) is 27.7 Å². The molecule has 0 bridgehead atoms. The van der Waals surface area contributed by atoms with Gasteiger partial charge < -0.3 is 9.47 Å². The molecule has 0 aromatic carbocycles. The lowest BCUT2D eigenvalue weighted by molar-refractivity contribution is -0.266. The van der Waals surface area contributed by atoms with Gasteiger partial charge in [0.25, 0.3) is 5.79 Å². The zero-order chi connectivity index (χ0) is 18.4. The maximum absolute atomic E-state index is 12.2. The standard InChI is InChI=1S/C19H30O4/c1-10-12-19(22-16(20)13(3)4,23-17(21)14(5)6)18(9,11-2)15(7)8/h1,3,5,10-12H2,2,4,6-9H3. The highest BCUT2D eigenvalue weighted by molar-refractivity contribution is 5.89. The van der Waals surface area contributed by atoms with Crippen LogP contribution in [-0.4, -0.2) is 17.7 Å². The van der Waals surface area contributed by atoms with Crippen molar-refractivity contribution in [2.24, 2.45) is 5.41 Å². The van der Waals surface area contributed by atoms with Crippen molar-refractivity contribution < 1.29 is 19.1 Å². The van der Waals surface area contributed by atoms with E-state index in [0.29, 0.717) is 19.3 Å². The molecule has 130 valence electrons. The molecule has 0 amide bonds. The molecule has 0 N–H and O–H groups in total. The summed E-state index contributed by atoms with van der Waals surface area (Å²) in [5.74, 6) is -1.62. The maximum atomic E-state index is 12.2. The van der Waals surface area contributed by atoms with E-state index in [-0.39, 0.29) is 11.1 Å². The van der Waals surface area contributed by atoms with Gasteiger partial charge in [0, 0.05) is 17.6 Å². The number of hydrogen-bond donors (Lipinski definition) is 0. The van der Waals surface area contributed by atoms with E-state index in [9.17, 15) is 9.59 Å².